The van der Waals surface area contributed by atoms with Crippen molar-refractivity contribution in [2.75, 3.05) is 6.54 Å². The SMILES string of the molecule is CC(C)(C)OC(=O)N[C@H]1CCCCC/C=C\[C@H]2C[C@@]2(C(=O)NS(=O)(=O)C2CC2)NC(=O)[C@@H]2C[C@@H](Oc3nc(-c4ccoc4)nc4c3oc3ccc(F)cc34)CN2C1=O. The van der Waals surface area contributed by atoms with Crippen molar-refractivity contribution < 1.29 is 50.3 Å². The number of allylic oxidation sites excluding steroid dienone is 1. The van der Waals surface area contributed by atoms with Crippen molar-refractivity contribution in [2.45, 2.75) is 113 Å². The molecule has 5 atom stereocenters. The van der Waals surface area contributed by atoms with Crippen LogP contribution in [0.2, 0.25) is 0 Å². The molecule has 2 saturated carbocycles. The summed E-state index contributed by atoms with van der Waals surface area (Å²) in [6, 6.07) is 3.33. The molecule has 3 N–H and O–H groups in total. The number of alkyl carbamates (subject to hydrolysis) is 1. The van der Waals surface area contributed by atoms with E-state index in [1.54, 1.807) is 26.8 Å². The molecule has 2 aliphatic carbocycles. The number of amides is 4. The van der Waals surface area contributed by atoms with Crippen LogP contribution in [-0.2, 0) is 29.1 Å². The Labute approximate surface area is 333 Å². The maximum absolute atomic E-state index is 14.6. The molecule has 0 bridgehead atoms. The summed E-state index contributed by atoms with van der Waals surface area (Å²) in [6.07, 6.45) is 8.84. The smallest absolute Gasteiger partial charge is 0.408 e. The summed E-state index contributed by atoms with van der Waals surface area (Å²) >= 11 is 0. The number of fused-ring (bicyclic) bond motifs is 5. The molecule has 16 nitrogen and oxygen atoms in total. The zero-order valence-corrected chi connectivity index (χ0v) is 33.1. The molecular formula is C40H45FN6O10S. The van der Waals surface area contributed by atoms with E-state index in [-0.39, 0.29) is 48.6 Å². The standard InChI is InChI=1S/C40H45FN6O10S/c1-39(2,3)57-38(51)42-28-10-8-6-4-5-7-9-23-19-40(23,37(50)46-58(52,53)26-12-13-26)45-34(48)29-18-25(20-47(29)36(28)49)55-35-32-31(27-17-24(41)11-14-30(27)56-32)43-33(44-35)22-15-16-54-21-22/h7,9,11,14-17,21,23,25-26,28-29H,4-6,8,10,12-13,18-20H2,1-3H3,(H,42,51)(H,45,48)(H,46,50)/b9-7-/t23-,25+,28-,29-,40+/m0/s1. The summed E-state index contributed by atoms with van der Waals surface area (Å²) in [4.78, 5) is 66.5. The lowest BCUT2D eigenvalue weighted by Gasteiger charge is -2.30. The molecule has 18 heteroatoms. The van der Waals surface area contributed by atoms with Crippen molar-refractivity contribution in [3.05, 3.63) is 54.8 Å². The van der Waals surface area contributed by atoms with Crippen LogP contribution in [0.4, 0.5) is 9.18 Å². The van der Waals surface area contributed by atoms with Crippen LogP contribution >= 0.6 is 0 Å². The Morgan fingerprint density at radius 1 is 1.09 bits per heavy atom. The number of aromatic nitrogens is 2. The number of halogens is 1. The fraction of sp³-hybridized carbons (Fsp3) is 0.500. The largest absolute Gasteiger partial charge is 0.472 e. The molecule has 1 aromatic carbocycles. The van der Waals surface area contributed by atoms with Crippen molar-refractivity contribution in [1.82, 2.24) is 30.2 Å². The van der Waals surface area contributed by atoms with Crippen LogP contribution in [0.1, 0.15) is 78.6 Å². The number of ether oxygens (including phenoxy) is 2. The van der Waals surface area contributed by atoms with Gasteiger partial charge in [-0.15, -0.1) is 0 Å². The van der Waals surface area contributed by atoms with Gasteiger partial charge in [-0.2, -0.15) is 4.98 Å². The van der Waals surface area contributed by atoms with Gasteiger partial charge in [-0.1, -0.05) is 25.0 Å². The minimum Gasteiger partial charge on any atom is -0.472 e. The summed E-state index contributed by atoms with van der Waals surface area (Å²) in [5, 5.41) is 5.27. The van der Waals surface area contributed by atoms with Gasteiger partial charge in [0.25, 0.3) is 11.8 Å². The van der Waals surface area contributed by atoms with Gasteiger partial charge in [0.05, 0.1) is 23.6 Å². The van der Waals surface area contributed by atoms with Crippen molar-refractivity contribution in [3.63, 3.8) is 0 Å². The van der Waals surface area contributed by atoms with Crippen molar-refractivity contribution in [1.29, 1.82) is 0 Å². The maximum Gasteiger partial charge on any atom is 0.408 e. The number of carbonyl (C=O) groups excluding carboxylic acids is 4. The Bertz CT molecular complexity index is 2410. The molecule has 4 aliphatic rings. The lowest BCUT2D eigenvalue weighted by Crippen LogP contribution is -2.58. The predicted molar refractivity (Wildman–Crippen MR) is 206 cm³/mol. The fourth-order valence-corrected chi connectivity index (χ4v) is 9.01. The summed E-state index contributed by atoms with van der Waals surface area (Å²) in [6.45, 7) is 4.96. The molecule has 2 aliphatic heterocycles. The number of hydrogen-bond acceptors (Lipinski definition) is 12. The first-order valence-corrected chi connectivity index (χ1v) is 21.1. The highest BCUT2D eigenvalue weighted by Gasteiger charge is 2.62. The van der Waals surface area contributed by atoms with Crippen LogP contribution < -0.4 is 20.1 Å². The van der Waals surface area contributed by atoms with Gasteiger partial charge < -0.3 is 33.8 Å². The second-order valence-electron chi connectivity index (χ2n) is 16.5. The molecule has 4 amide bonds. The number of hydrogen-bond donors (Lipinski definition) is 3. The van der Waals surface area contributed by atoms with E-state index in [9.17, 15) is 32.0 Å². The zero-order chi connectivity index (χ0) is 41.0. The molecule has 0 unspecified atom stereocenters. The van der Waals surface area contributed by atoms with E-state index in [0.29, 0.717) is 42.2 Å². The number of furan rings is 2. The van der Waals surface area contributed by atoms with Gasteiger partial charge in [0, 0.05) is 17.7 Å². The topological polar surface area (TPSA) is 212 Å². The van der Waals surface area contributed by atoms with Gasteiger partial charge in [-0.05, 0) is 83.6 Å². The highest BCUT2D eigenvalue weighted by molar-refractivity contribution is 7.91. The maximum atomic E-state index is 14.6. The van der Waals surface area contributed by atoms with Crippen LogP contribution in [0, 0.1) is 11.7 Å². The number of nitrogens with zero attached hydrogens (tertiary/aromatic N) is 3. The Morgan fingerprint density at radius 3 is 2.64 bits per heavy atom. The van der Waals surface area contributed by atoms with Crippen LogP contribution in [0.15, 0.2) is 57.8 Å². The third kappa shape index (κ3) is 8.11. The average molecular weight is 821 g/mol. The first kappa shape index (κ1) is 39.3. The molecule has 58 heavy (non-hydrogen) atoms. The van der Waals surface area contributed by atoms with Gasteiger partial charge in [-0.3, -0.25) is 19.1 Å². The van der Waals surface area contributed by atoms with Crippen LogP contribution in [0.25, 0.3) is 33.5 Å². The minimum absolute atomic E-state index is 0.0321. The lowest BCUT2D eigenvalue weighted by atomic mass is 10.0. The number of sulfonamides is 1. The van der Waals surface area contributed by atoms with E-state index < -0.39 is 80.2 Å². The van der Waals surface area contributed by atoms with Crippen LogP contribution in [-0.4, -0.2) is 88.2 Å². The van der Waals surface area contributed by atoms with Gasteiger partial charge in [0.1, 0.15) is 52.5 Å². The van der Waals surface area contributed by atoms with Crippen LogP contribution in [0.3, 0.4) is 0 Å². The molecule has 3 aromatic heterocycles. The second-order valence-corrected chi connectivity index (χ2v) is 18.4. The van der Waals surface area contributed by atoms with Crippen LogP contribution in [0.5, 0.6) is 5.88 Å². The third-order valence-electron chi connectivity index (χ3n) is 10.8. The average Bonchev–Trinajstić information content (AvgIpc) is 3.95. The van der Waals surface area contributed by atoms with Crippen molar-refractivity contribution in [3.8, 4) is 17.3 Å². The van der Waals surface area contributed by atoms with Gasteiger partial charge >= 0.3 is 6.09 Å². The van der Waals surface area contributed by atoms with Crippen molar-refractivity contribution >= 4 is 55.9 Å². The van der Waals surface area contributed by atoms with E-state index in [2.05, 4.69) is 25.3 Å². The van der Waals surface area contributed by atoms with E-state index in [1.807, 2.05) is 12.2 Å². The summed E-state index contributed by atoms with van der Waals surface area (Å²) < 4.78 is 65.8. The number of rotatable bonds is 7. The predicted octanol–water partition coefficient (Wildman–Crippen LogP) is 5.02. The number of carbonyl (C=O) groups is 4. The normalized spacial score (nSPS) is 26.2. The van der Waals surface area contributed by atoms with Gasteiger partial charge in [0.2, 0.25) is 27.4 Å². The van der Waals surface area contributed by atoms with E-state index in [1.165, 1.54) is 35.6 Å². The molecule has 8 rings (SSSR count). The molecule has 0 spiro atoms. The first-order valence-electron chi connectivity index (χ1n) is 19.5. The lowest BCUT2D eigenvalue weighted by molar-refractivity contribution is -0.141. The number of nitrogens with one attached hydrogen (secondary N) is 3. The monoisotopic (exact) mass is 820 g/mol. The third-order valence-corrected chi connectivity index (χ3v) is 12.7. The molecule has 5 heterocycles. The molecule has 1 saturated heterocycles. The molecule has 308 valence electrons. The van der Waals surface area contributed by atoms with E-state index in [0.717, 1.165) is 12.8 Å². The Kier molecular flexibility index (Phi) is 10.2. The van der Waals surface area contributed by atoms with Gasteiger partial charge in [0.15, 0.2) is 5.82 Å². The van der Waals surface area contributed by atoms with E-state index >= 15 is 0 Å². The molecule has 3 fully saturated rings. The number of benzene rings is 1. The van der Waals surface area contributed by atoms with Crippen molar-refractivity contribution in [2.24, 2.45) is 5.92 Å². The Morgan fingerprint density at radius 2 is 1.90 bits per heavy atom. The zero-order valence-electron chi connectivity index (χ0n) is 32.3. The first-order chi connectivity index (χ1) is 27.6. The van der Waals surface area contributed by atoms with E-state index in [4.69, 9.17) is 18.3 Å². The summed E-state index contributed by atoms with van der Waals surface area (Å²) in [5.41, 5.74) is -1.22. The summed E-state index contributed by atoms with van der Waals surface area (Å²) in [5.74, 6) is -2.95. The Hall–Kier alpha value is -5.52. The summed E-state index contributed by atoms with van der Waals surface area (Å²) in [7, 11) is -3.94. The highest BCUT2D eigenvalue weighted by atomic mass is 32.2. The highest BCUT2D eigenvalue weighted by Crippen LogP contribution is 2.46. The fourth-order valence-electron chi connectivity index (χ4n) is 7.65. The molecule has 4 aromatic rings. The second kappa shape index (κ2) is 15.0. The minimum atomic E-state index is -3.94. The van der Waals surface area contributed by atoms with Gasteiger partial charge in [-0.25, -0.2) is 22.6 Å². The molecular weight excluding hydrogens is 776 g/mol. The Balaban J connectivity index is 1.14. The molecule has 0 radical (unpaired) electrons. The quantitative estimate of drug-likeness (QED) is 0.210.